The molecule has 8 heteroatoms. The lowest BCUT2D eigenvalue weighted by Crippen LogP contribution is -2.52. The van der Waals surface area contributed by atoms with Gasteiger partial charge in [0.15, 0.2) is 0 Å². The zero-order valence-electron chi connectivity index (χ0n) is 9.11. The summed E-state index contributed by atoms with van der Waals surface area (Å²) in [6.07, 6.45) is 0. The molecule has 1 atom stereocenters. The summed E-state index contributed by atoms with van der Waals surface area (Å²) in [4.78, 5) is 0.114. The molecule has 1 N–H and O–H groups in total. The van der Waals surface area contributed by atoms with Gasteiger partial charge in [-0.3, -0.25) is 0 Å². The summed E-state index contributed by atoms with van der Waals surface area (Å²) in [5.74, 6) is 0. The summed E-state index contributed by atoms with van der Waals surface area (Å²) in [5.41, 5.74) is 0. The Morgan fingerprint density at radius 3 is 2.76 bits per heavy atom. The molecule has 0 aromatic carbocycles. The fraction of sp³-hybridized carbons (Fsp3) is 0.556. The number of piperazine rings is 1. The molecule has 0 aliphatic carbocycles. The second-order valence-electron chi connectivity index (χ2n) is 3.86. The largest absolute Gasteiger partial charge is 0.314 e. The third kappa shape index (κ3) is 2.62. The highest BCUT2D eigenvalue weighted by molar-refractivity contribution is 7.89. The number of nitrogens with one attached hydrogen (secondary N) is 1. The molecule has 1 aromatic rings. The average Bonchev–Trinajstić information content (AvgIpc) is 2.59. The van der Waals surface area contributed by atoms with Crippen molar-refractivity contribution in [1.82, 2.24) is 9.62 Å². The van der Waals surface area contributed by atoms with Gasteiger partial charge in [0.05, 0.1) is 4.34 Å². The van der Waals surface area contributed by atoms with Gasteiger partial charge in [0.25, 0.3) is 0 Å². The van der Waals surface area contributed by atoms with E-state index in [0.717, 1.165) is 11.3 Å². The highest BCUT2D eigenvalue weighted by Crippen LogP contribution is 2.36. The van der Waals surface area contributed by atoms with Crippen LogP contribution in [0.15, 0.2) is 11.0 Å². The van der Waals surface area contributed by atoms with Crippen LogP contribution in [-0.2, 0) is 10.0 Å². The van der Waals surface area contributed by atoms with Gasteiger partial charge >= 0.3 is 0 Å². The van der Waals surface area contributed by atoms with Crippen molar-refractivity contribution in [1.29, 1.82) is 0 Å². The number of rotatable bonds is 2. The first-order chi connectivity index (χ1) is 7.93. The monoisotopic (exact) mass is 314 g/mol. The molecular formula is C9H12Cl2N2O2S2. The molecule has 2 heterocycles. The minimum atomic E-state index is -3.53. The van der Waals surface area contributed by atoms with Gasteiger partial charge in [0.2, 0.25) is 10.0 Å². The highest BCUT2D eigenvalue weighted by atomic mass is 35.5. The summed E-state index contributed by atoms with van der Waals surface area (Å²) < 4.78 is 26.9. The molecule has 1 aliphatic heterocycles. The van der Waals surface area contributed by atoms with Crippen molar-refractivity contribution in [3.05, 3.63) is 14.7 Å². The summed E-state index contributed by atoms with van der Waals surface area (Å²) in [6, 6.07) is 1.34. The van der Waals surface area contributed by atoms with Crippen molar-refractivity contribution in [2.75, 3.05) is 19.6 Å². The van der Waals surface area contributed by atoms with E-state index in [2.05, 4.69) is 5.32 Å². The first-order valence-electron chi connectivity index (χ1n) is 5.10. The summed E-state index contributed by atoms with van der Waals surface area (Å²) >= 11 is 12.8. The van der Waals surface area contributed by atoms with Gasteiger partial charge < -0.3 is 5.32 Å². The van der Waals surface area contributed by atoms with Gasteiger partial charge in [-0.2, -0.15) is 4.31 Å². The summed E-state index contributed by atoms with van der Waals surface area (Å²) in [5, 5.41) is 3.15. The van der Waals surface area contributed by atoms with Crippen LogP contribution in [-0.4, -0.2) is 38.4 Å². The quantitative estimate of drug-likeness (QED) is 0.908. The Bertz CT molecular complexity index is 515. The molecule has 4 nitrogen and oxygen atoms in total. The van der Waals surface area contributed by atoms with Crippen LogP contribution in [0.2, 0.25) is 8.67 Å². The molecule has 0 bridgehead atoms. The molecule has 0 radical (unpaired) electrons. The van der Waals surface area contributed by atoms with E-state index in [1.807, 2.05) is 6.92 Å². The lowest BCUT2D eigenvalue weighted by molar-refractivity contribution is 0.284. The Kier molecular flexibility index (Phi) is 4.02. The van der Waals surface area contributed by atoms with E-state index in [4.69, 9.17) is 23.2 Å². The normalized spacial score (nSPS) is 22.9. The standard InChI is InChI=1S/C9H12Cl2N2O2S2/c1-6-5-12-2-3-13(6)17(14,15)7-4-8(10)16-9(7)11/h4,6,12H,2-3,5H2,1H3. The van der Waals surface area contributed by atoms with Crippen LogP contribution in [0, 0.1) is 0 Å². The Morgan fingerprint density at radius 2 is 2.24 bits per heavy atom. The van der Waals surface area contributed by atoms with E-state index in [-0.39, 0.29) is 15.3 Å². The highest BCUT2D eigenvalue weighted by Gasteiger charge is 2.33. The lowest BCUT2D eigenvalue weighted by atomic mass is 10.3. The molecule has 1 aliphatic rings. The van der Waals surface area contributed by atoms with Gasteiger partial charge in [-0.1, -0.05) is 23.2 Å². The van der Waals surface area contributed by atoms with Crippen molar-refractivity contribution in [2.24, 2.45) is 0 Å². The van der Waals surface area contributed by atoms with Gasteiger partial charge in [0.1, 0.15) is 9.23 Å². The zero-order valence-corrected chi connectivity index (χ0v) is 12.3. The van der Waals surface area contributed by atoms with E-state index in [9.17, 15) is 8.42 Å². The van der Waals surface area contributed by atoms with Gasteiger partial charge in [0, 0.05) is 25.7 Å². The first kappa shape index (κ1) is 13.6. The number of hydrogen-bond donors (Lipinski definition) is 1. The fourth-order valence-electron chi connectivity index (χ4n) is 1.81. The van der Waals surface area contributed by atoms with Crippen molar-refractivity contribution < 1.29 is 8.42 Å². The Balaban J connectivity index is 2.39. The maximum absolute atomic E-state index is 12.4. The molecule has 1 unspecified atom stereocenters. The lowest BCUT2D eigenvalue weighted by Gasteiger charge is -2.32. The minimum Gasteiger partial charge on any atom is -0.314 e. The van der Waals surface area contributed by atoms with Crippen LogP contribution in [0.1, 0.15) is 6.92 Å². The maximum atomic E-state index is 12.4. The van der Waals surface area contributed by atoms with Crippen molar-refractivity contribution in [3.63, 3.8) is 0 Å². The van der Waals surface area contributed by atoms with Crippen LogP contribution < -0.4 is 5.32 Å². The van der Waals surface area contributed by atoms with Crippen LogP contribution in [0.5, 0.6) is 0 Å². The molecule has 1 aromatic heterocycles. The SMILES string of the molecule is CC1CNCCN1S(=O)(=O)c1cc(Cl)sc1Cl. The van der Waals surface area contributed by atoms with Crippen LogP contribution in [0.3, 0.4) is 0 Å². The minimum absolute atomic E-state index is 0.0801. The van der Waals surface area contributed by atoms with Crippen molar-refractivity contribution in [3.8, 4) is 0 Å². The van der Waals surface area contributed by atoms with E-state index < -0.39 is 10.0 Å². The van der Waals surface area contributed by atoms with Crippen molar-refractivity contribution in [2.45, 2.75) is 17.9 Å². The third-order valence-electron chi connectivity index (χ3n) is 2.65. The molecule has 2 rings (SSSR count). The van der Waals surface area contributed by atoms with Gasteiger partial charge in [-0.05, 0) is 13.0 Å². The Labute approximate surface area is 115 Å². The second-order valence-corrected chi connectivity index (χ2v) is 8.00. The van der Waals surface area contributed by atoms with Crippen LogP contribution >= 0.6 is 34.5 Å². The number of sulfonamides is 1. The molecule has 0 amide bonds. The van der Waals surface area contributed by atoms with E-state index in [0.29, 0.717) is 24.0 Å². The number of nitrogens with zero attached hydrogens (tertiary/aromatic N) is 1. The van der Waals surface area contributed by atoms with Crippen LogP contribution in [0.25, 0.3) is 0 Å². The van der Waals surface area contributed by atoms with Gasteiger partial charge in [-0.25, -0.2) is 8.42 Å². The summed E-state index contributed by atoms with van der Waals surface area (Å²) in [7, 11) is -3.53. The van der Waals surface area contributed by atoms with Crippen LogP contribution in [0.4, 0.5) is 0 Å². The first-order valence-corrected chi connectivity index (χ1v) is 8.11. The fourth-order valence-corrected chi connectivity index (χ4v) is 5.55. The molecule has 17 heavy (non-hydrogen) atoms. The van der Waals surface area contributed by atoms with E-state index >= 15 is 0 Å². The van der Waals surface area contributed by atoms with E-state index in [1.54, 1.807) is 0 Å². The summed E-state index contributed by atoms with van der Waals surface area (Å²) in [6.45, 7) is 3.62. The number of hydrogen-bond acceptors (Lipinski definition) is 4. The van der Waals surface area contributed by atoms with Gasteiger partial charge in [-0.15, -0.1) is 11.3 Å². The average molecular weight is 315 g/mol. The van der Waals surface area contributed by atoms with E-state index in [1.165, 1.54) is 10.4 Å². The van der Waals surface area contributed by atoms with Crippen molar-refractivity contribution >= 4 is 44.6 Å². The molecule has 1 fully saturated rings. The Morgan fingerprint density at radius 1 is 1.53 bits per heavy atom. The predicted molar refractivity (Wildman–Crippen MR) is 70.6 cm³/mol. The molecular weight excluding hydrogens is 303 g/mol. The zero-order chi connectivity index (χ0) is 12.6. The number of halogens is 2. The Hall–Kier alpha value is 0.150. The number of thiophene rings is 1. The predicted octanol–water partition coefficient (Wildman–Crippen LogP) is 2.04. The topological polar surface area (TPSA) is 49.4 Å². The molecule has 0 spiro atoms. The molecule has 0 saturated carbocycles. The smallest absolute Gasteiger partial charge is 0.245 e. The second kappa shape index (κ2) is 5.03. The molecule has 96 valence electrons. The maximum Gasteiger partial charge on any atom is 0.245 e. The molecule has 1 saturated heterocycles. The third-order valence-corrected chi connectivity index (χ3v) is 6.42.